The Kier molecular flexibility index (Phi) is 4.93. The normalized spacial score (nSPS) is 13.7. The fourth-order valence-electron chi connectivity index (χ4n) is 1.77. The summed E-state index contributed by atoms with van der Waals surface area (Å²) in [6.07, 6.45) is 4.00. The molecule has 0 bridgehead atoms. The van der Waals surface area contributed by atoms with Gasteiger partial charge in [0.15, 0.2) is 0 Å². The van der Waals surface area contributed by atoms with Crippen LogP contribution in [0.2, 0.25) is 0 Å². The van der Waals surface area contributed by atoms with Crippen molar-refractivity contribution in [2.75, 3.05) is 6.54 Å². The van der Waals surface area contributed by atoms with Crippen LogP contribution in [-0.4, -0.2) is 11.1 Å². The zero-order valence-electron chi connectivity index (χ0n) is 10.1. The third-order valence-electron chi connectivity index (χ3n) is 2.60. The number of hydrogen-bond donors (Lipinski definition) is 1. The van der Waals surface area contributed by atoms with Crippen molar-refractivity contribution < 1.29 is 8.78 Å². The molecule has 0 aromatic carbocycles. The first-order valence-corrected chi connectivity index (χ1v) is 5.75. The van der Waals surface area contributed by atoms with E-state index < -0.39 is 6.55 Å². The van der Waals surface area contributed by atoms with Crippen LogP contribution in [0.1, 0.15) is 45.3 Å². The summed E-state index contributed by atoms with van der Waals surface area (Å²) in [4.78, 5) is 0. The molecule has 1 aromatic rings. The lowest BCUT2D eigenvalue weighted by atomic mass is 9.98. The Balaban J connectivity index is 2.76. The Morgan fingerprint density at radius 2 is 2.06 bits per heavy atom. The van der Waals surface area contributed by atoms with Crippen LogP contribution in [0.15, 0.2) is 18.5 Å². The predicted molar refractivity (Wildman–Crippen MR) is 61.6 cm³/mol. The average Bonchev–Trinajstić information content (AvgIpc) is 2.67. The first-order chi connectivity index (χ1) is 7.56. The van der Waals surface area contributed by atoms with Gasteiger partial charge in [-0.25, -0.2) is 0 Å². The molecule has 4 heteroatoms. The zero-order chi connectivity index (χ0) is 12.1. The van der Waals surface area contributed by atoms with Crippen molar-refractivity contribution >= 4 is 0 Å². The highest BCUT2D eigenvalue weighted by Crippen LogP contribution is 2.23. The minimum Gasteiger partial charge on any atom is -0.310 e. The maximum absolute atomic E-state index is 12.4. The van der Waals surface area contributed by atoms with Crippen LogP contribution in [0.25, 0.3) is 0 Å². The van der Waals surface area contributed by atoms with E-state index >= 15 is 0 Å². The maximum Gasteiger partial charge on any atom is 0.318 e. The van der Waals surface area contributed by atoms with E-state index in [9.17, 15) is 8.78 Å². The molecule has 0 saturated heterocycles. The van der Waals surface area contributed by atoms with Gasteiger partial charge in [-0.2, -0.15) is 8.78 Å². The summed E-state index contributed by atoms with van der Waals surface area (Å²) >= 11 is 0. The van der Waals surface area contributed by atoms with Crippen molar-refractivity contribution in [3.63, 3.8) is 0 Å². The van der Waals surface area contributed by atoms with Crippen molar-refractivity contribution in [1.29, 1.82) is 0 Å². The number of hydrogen-bond acceptors (Lipinski definition) is 1. The standard InChI is InChI=1S/C12H20F2N2/c1-4-6-15-11(9(2)3)10-5-7-16(8-10)12(13)14/h5,7-9,11-12,15H,4,6H2,1-3H3. The number of rotatable bonds is 6. The monoisotopic (exact) mass is 230 g/mol. The molecule has 1 atom stereocenters. The molecule has 1 aromatic heterocycles. The summed E-state index contributed by atoms with van der Waals surface area (Å²) in [5.74, 6) is 0.389. The summed E-state index contributed by atoms with van der Waals surface area (Å²) < 4.78 is 25.8. The molecular formula is C12H20F2N2. The van der Waals surface area contributed by atoms with Crippen LogP contribution in [0, 0.1) is 5.92 Å². The van der Waals surface area contributed by atoms with Gasteiger partial charge in [-0.3, -0.25) is 4.57 Å². The van der Waals surface area contributed by atoms with E-state index in [2.05, 4.69) is 26.1 Å². The smallest absolute Gasteiger partial charge is 0.310 e. The number of nitrogens with one attached hydrogen (secondary N) is 1. The van der Waals surface area contributed by atoms with Crippen molar-refractivity contribution in [3.8, 4) is 0 Å². The molecule has 92 valence electrons. The Bertz CT molecular complexity index is 308. The minimum absolute atomic E-state index is 0.153. The van der Waals surface area contributed by atoms with Gasteiger partial charge in [0.25, 0.3) is 0 Å². The van der Waals surface area contributed by atoms with Crippen LogP contribution in [0.4, 0.5) is 8.78 Å². The second-order valence-corrected chi connectivity index (χ2v) is 4.35. The van der Waals surface area contributed by atoms with Gasteiger partial charge in [-0.15, -0.1) is 0 Å². The lowest BCUT2D eigenvalue weighted by molar-refractivity contribution is 0.0704. The Hall–Kier alpha value is -0.900. The molecule has 0 amide bonds. The largest absolute Gasteiger partial charge is 0.318 e. The van der Waals surface area contributed by atoms with Crippen molar-refractivity contribution in [2.45, 2.75) is 39.8 Å². The van der Waals surface area contributed by atoms with Crippen LogP contribution >= 0.6 is 0 Å². The van der Waals surface area contributed by atoms with Crippen LogP contribution in [0.3, 0.4) is 0 Å². The third-order valence-corrected chi connectivity index (χ3v) is 2.60. The number of halogens is 2. The van der Waals surface area contributed by atoms with E-state index in [4.69, 9.17) is 0 Å². The molecule has 1 rings (SSSR count). The van der Waals surface area contributed by atoms with Gasteiger partial charge >= 0.3 is 6.55 Å². The van der Waals surface area contributed by atoms with Gasteiger partial charge in [-0.1, -0.05) is 20.8 Å². The highest BCUT2D eigenvalue weighted by atomic mass is 19.3. The third kappa shape index (κ3) is 3.30. The van der Waals surface area contributed by atoms with Gasteiger partial charge in [-0.05, 0) is 30.5 Å². The lowest BCUT2D eigenvalue weighted by Gasteiger charge is -2.21. The lowest BCUT2D eigenvalue weighted by Crippen LogP contribution is -2.26. The fourth-order valence-corrected chi connectivity index (χ4v) is 1.77. The van der Waals surface area contributed by atoms with E-state index in [-0.39, 0.29) is 6.04 Å². The Morgan fingerprint density at radius 3 is 2.50 bits per heavy atom. The molecule has 0 aliphatic heterocycles. The van der Waals surface area contributed by atoms with Gasteiger partial charge in [0.05, 0.1) is 0 Å². The molecule has 0 saturated carbocycles. The van der Waals surface area contributed by atoms with Gasteiger partial charge in [0, 0.05) is 18.4 Å². The summed E-state index contributed by atoms with van der Waals surface area (Å²) in [5, 5.41) is 3.38. The van der Waals surface area contributed by atoms with Crippen molar-refractivity contribution in [2.24, 2.45) is 5.92 Å². The van der Waals surface area contributed by atoms with Crippen LogP contribution < -0.4 is 5.32 Å². The predicted octanol–water partition coefficient (Wildman–Crippen LogP) is 3.58. The molecule has 0 spiro atoms. The minimum atomic E-state index is -2.45. The summed E-state index contributed by atoms with van der Waals surface area (Å²) in [7, 11) is 0. The molecule has 0 aliphatic rings. The van der Waals surface area contributed by atoms with Crippen molar-refractivity contribution in [1.82, 2.24) is 9.88 Å². The Morgan fingerprint density at radius 1 is 1.38 bits per heavy atom. The highest BCUT2D eigenvalue weighted by Gasteiger charge is 2.17. The van der Waals surface area contributed by atoms with E-state index in [0.29, 0.717) is 5.92 Å². The van der Waals surface area contributed by atoms with Gasteiger partial charge < -0.3 is 5.32 Å². The summed E-state index contributed by atoms with van der Waals surface area (Å²) in [6.45, 7) is 4.73. The Labute approximate surface area is 95.7 Å². The van der Waals surface area contributed by atoms with Crippen LogP contribution in [-0.2, 0) is 0 Å². The first kappa shape index (κ1) is 13.2. The molecule has 0 radical (unpaired) electrons. The molecule has 1 heterocycles. The summed E-state index contributed by atoms with van der Waals surface area (Å²) in [5.41, 5.74) is 0.934. The van der Waals surface area contributed by atoms with Gasteiger partial charge in [0.2, 0.25) is 0 Å². The first-order valence-electron chi connectivity index (χ1n) is 5.75. The highest BCUT2D eigenvalue weighted by molar-refractivity contribution is 5.16. The summed E-state index contributed by atoms with van der Waals surface area (Å²) in [6, 6.07) is 1.92. The molecule has 1 N–H and O–H groups in total. The van der Waals surface area contributed by atoms with Gasteiger partial charge in [0.1, 0.15) is 0 Å². The topological polar surface area (TPSA) is 17.0 Å². The quantitative estimate of drug-likeness (QED) is 0.790. The van der Waals surface area contributed by atoms with E-state index in [0.717, 1.165) is 23.1 Å². The second kappa shape index (κ2) is 5.99. The molecule has 2 nitrogen and oxygen atoms in total. The van der Waals surface area contributed by atoms with E-state index in [1.165, 1.54) is 12.4 Å². The molecule has 16 heavy (non-hydrogen) atoms. The maximum atomic E-state index is 12.4. The fraction of sp³-hybridized carbons (Fsp3) is 0.667. The molecule has 0 fully saturated rings. The molecule has 1 unspecified atom stereocenters. The number of nitrogens with zero attached hydrogens (tertiary/aromatic N) is 1. The van der Waals surface area contributed by atoms with Crippen LogP contribution in [0.5, 0.6) is 0 Å². The SMILES string of the molecule is CCCNC(c1ccn(C(F)F)c1)C(C)C. The zero-order valence-corrected chi connectivity index (χ0v) is 10.1. The van der Waals surface area contributed by atoms with Crippen molar-refractivity contribution in [3.05, 3.63) is 24.0 Å². The average molecular weight is 230 g/mol. The number of alkyl halides is 2. The second-order valence-electron chi connectivity index (χ2n) is 4.35. The van der Waals surface area contributed by atoms with E-state index in [1.54, 1.807) is 6.07 Å². The number of aromatic nitrogens is 1. The molecule has 0 aliphatic carbocycles. The molecular weight excluding hydrogens is 210 g/mol. The van der Waals surface area contributed by atoms with E-state index in [1.807, 2.05) is 0 Å².